The summed E-state index contributed by atoms with van der Waals surface area (Å²) in [4.78, 5) is 30.1. The molecule has 218 valence electrons. The van der Waals surface area contributed by atoms with Gasteiger partial charge in [0.15, 0.2) is 0 Å². The van der Waals surface area contributed by atoms with Crippen molar-refractivity contribution in [2.75, 3.05) is 0 Å². The molecule has 3 rings (SSSR count). The van der Waals surface area contributed by atoms with Gasteiger partial charge in [-0.3, -0.25) is 9.59 Å². The number of hydrogen-bond acceptors (Lipinski definition) is 8. The van der Waals surface area contributed by atoms with Crippen LogP contribution in [0.5, 0.6) is 0 Å². The van der Waals surface area contributed by atoms with Gasteiger partial charge in [-0.1, -0.05) is 33.8 Å². The normalized spacial score (nSPS) is 34.6. The molecule has 1 aromatic rings. The van der Waals surface area contributed by atoms with Crippen molar-refractivity contribution in [1.82, 2.24) is 4.98 Å². The number of ketones is 1. The average Bonchev–Trinajstić information content (AvgIpc) is 3.49. The number of alkyl halides is 3. The highest BCUT2D eigenvalue weighted by molar-refractivity contribution is 5.88. The van der Waals surface area contributed by atoms with E-state index >= 15 is 0 Å². The number of fused-ring (bicyclic) bond motifs is 1. The lowest BCUT2D eigenvalue weighted by atomic mass is 9.72. The molecule has 0 saturated heterocycles. The summed E-state index contributed by atoms with van der Waals surface area (Å²) < 4.78 is 52.5. The van der Waals surface area contributed by atoms with Crippen LogP contribution in [0.2, 0.25) is 0 Å². The van der Waals surface area contributed by atoms with Gasteiger partial charge in [-0.2, -0.15) is 13.2 Å². The summed E-state index contributed by atoms with van der Waals surface area (Å²) >= 11 is 0. The van der Waals surface area contributed by atoms with Crippen LogP contribution in [-0.2, 0) is 20.9 Å². The molecule has 2 unspecified atom stereocenters. The first kappa shape index (κ1) is 31.0. The molecule has 1 aromatic heterocycles. The largest absolute Gasteiger partial charge is 0.457 e. The predicted molar refractivity (Wildman–Crippen MR) is 135 cm³/mol. The molecule has 0 amide bonds. The van der Waals surface area contributed by atoms with Crippen LogP contribution in [-0.4, -0.2) is 56.5 Å². The molecule has 1 saturated carbocycles. The summed E-state index contributed by atoms with van der Waals surface area (Å²) in [6.07, 6.45) is -5.09. The zero-order valence-corrected chi connectivity index (χ0v) is 22.9. The van der Waals surface area contributed by atoms with E-state index in [1.807, 2.05) is 0 Å². The number of rotatable bonds is 3. The molecule has 1 aliphatic carbocycles. The maximum absolute atomic E-state index is 14.0. The Morgan fingerprint density at radius 1 is 1.21 bits per heavy atom. The van der Waals surface area contributed by atoms with Crippen molar-refractivity contribution in [2.24, 2.45) is 29.1 Å². The van der Waals surface area contributed by atoms with Crippen molar-refractivity contribution >= 4 is 17.8 Å². The highest BCUT2D eigenvalue weighted by Gasteiger charge is 2.49. The Labute approximate surface area is 225 Å². The van der Waals surface area contributed by atoms with Crippen LogP contribution < -0.4 is 0 Å². The van der Waals surface area contributed by atoms with Crippen LogP contribution in [0.4, 0.5) is 13.2 Å². The molecule has 7 atom stereocenters. The van der Waals surface area contributed by atoms with Gasteiger partial charge in [0.25, 0.3) is 0 Å². The third kappa shape index (κ3) is 7.37. The number of aliphatic hydroxyl groups is 3. The Kier molecular flexibility index (Phi) is 9.50. The van der Waals surface area contributed by atoms with Crippen LogP contribution in [0, 0.1) is 29.1 Å². The quantitative estimate of drug-likeness (QED) is 0.369. The van der Waals surface area contributed by atoms with Gasteiger partial charge in [0.1, 0.15) is 30.5 Å². The fourth-order valence-corrected chi connectivity index (χ4v) is 5.35. The SMILES string of the molecule is CC(=Cc1coc(CO)n1)[C@H]1C/C=C(/C(F)(F)F)CC2CC2[C@@H](C)[C@H](O)[C@@H](C)C(=O)C(C)(C)[C@@H](O)CC(=O)O1. The number of carbonyl (C=O) groups excluding carboxylic acids is 2. The summed E-state index contributed by atoms with van der Waals surface area (Å²) in [6, 6.07) is 0. The van der Waals surface area contributed by atoms with E-state index in [1.165, 1.54) is 33.1 Å². The number of halogens is 3. The zero-order valence-electron chi connectivity index (χ0n) is 22.9. The van der Waals surface area contributed by atoms with Gasteiger partial charge in [-0.25, -0.2) is 4.98 Å². The monoisotopic (exact) mass is 557 g/mol. The Hall–Kier alpha value is -2.50. The predicted octanol–water partition coefficient (Wildman–Crippen LogP) is 4.38. The molecule has 0 aromatic carbocycles. The third-order valence-electron chi connectivity index (χ3n) is 8.23. The van der Waals surface area contributed by atoms with Crippen molar-refractivity contribution in [3.05, 3.63) is 35.1 Å². The fraction of sp³-hybridized carbons (Fsp3) is 0.679. The number of esters is 1. The minimum atomic E-state index is -4.60. The highest BCUT2D eigenvalue weighted by Crippen LogP contribution is 2.51. The van der Waals surface area contributed by atoms with Gasteiger partial charge < -0.3 is 24.5 Å². The van der Waals surface area contributed by atoms with Crippen LogP contribution >= 0.6 is 0 Å². The molecule has 0 bridgehead atoms. The van der Waals surface area contributed by atoms with Crippen molar-refractivity contribution in [3.63, 3.8) is 0 Å². The molecule has 1 aliphatic heterocycles. The van der Waals surface area contributed by atoms with Crippen molar-refractivity contribution in [3.8, 4) is 0 Å². The van der Waals surface area contributed by atoms with E-state index in [1.54, 1.807) is 13.8 Å². The number of aromatic nitrogens is 1. The molecule has 8 nitrogen and oxygen atoms in total. The number of allylic oxidation sites excluding steroid dienone is 1. The molecule has 0 spiro atoms. The van der Waals surface area contributed by atoms with E-state index in [2.05, 4.69) is 4.98 Å². The first-order valence-corrected chi connectivity index (χ1v) is 13.2. The number of hydrogen-bond donors (Lipinski definition) is 3. The molecule has 2 heterocycles. The highest BCUT2D eigenvalue weighted by atomic mass is 19.4. The summed E-state index contributed by atoms with van der Waals surface area (Å²) in [5.74, 6) is -3.08. The number of oxazole rings is 1. The maximum atomic E-state index is 14.0. The molecule has 39 heavy (non-hydrogen) atoms. The Morgan fingerprint density at radius 3 is 2.46 bits per heavy atom. The van der Waals surface area contributed by atoms with Gasteiger partial charge in [-0.05, 0) is 49.2 Å². The molecule has 3 N–H and O–H groups in total. The minimum absolute atomic E-state index is 0.0471. The van der Waals surface area contributed by atoms with Gasteiger partial charge in [-0.15, -0.1) is 0 Å². The van der Waals surface area contributed by atoms with Gasteiger partial charge in [0, 0.05) is 17.9 Å². The maximum Gasteiger partial charge on any atom is 0.412 e. The summed E-state index contributed by atoms with van der Waals surface area (Å²) in [6.45, 7) is 7.38. The molecule has 1 fully saturated rings. The molecule has 11 heteroatoms. The lowest BCUT2D eigenvalue weighted by Crippen LogP contribution is -2.46. The molecule has 0 radical (unpaired) electrons. The standard InChI is InChI=1S/C28H38F3NO7/c1-14(8-19-13-38-23(12-33)32-19)21-7-6-18(28(29,30)31)9-17-10-20(17)15(2)25(36)16(3)26(37)27(4,5)22(34)11-24(35)39-21/h6,8,13,15-17,20-22,25,33-34,36H,7,9-12H2,1-5H3/b14-8?,18-6+/t15-,16-,17?,20?,21-,22+,25+/m1/s1. The number of aliphatic hydroxyl groups excluding tert-OH is 3. The lowest BCUT2D eigenvalue weighted by molar-refractivity contribution is -0.154. The third-order valence-corrected chi connectivity index (χ3v) is 8.23. The van der Waals surface area contributed by atoms with E-state index in [9.17, 15) is 33.0 Å². The van der Waals surface area contributed by atoms with E-state index in [-0.39, 0.29) is 36.3 Å². The van der Waals surface area contributed by atoms with Crippen LogP contribution in [0.3, 0.4) is 0 Å². The van der Waals surface area contributed by atoms with Crippen LogP contribution in [0.1, 0.15) is 71.9 Å². The summed E-state index contributed by atoms with van der Waals surface area (Å²) in [7, 11) is 0. The van der Waals surface area contributed by atoms with Crippen molar-refractivity contribution in [1.29, 1.82) is 0 Å². The van der Waals surface area contributed by atoms with E-state index in [4.69, 9.17) is 14.3 Å². The molecular formula is C28H38F3NO7. The van der Waals surface area contributed by atoms with Crippen LogP contribution in [0.15, 0.2) is 27.9 Å². The lowest BCUT2D eigenvalue weighted by Gasteiger charge is -2.34. The van der Waals surface area contributed by atoms with Gasteiger partial charge >= 0.3 is 12.1 Å². The number of Topliss-reactive ketones (excluding diaryl/α,β-unsaturated/α-hetero) is 1. The first-order chi connectivity index (χ1) is 18.1. The van der Waals surface area contributed by atoms with E-state index in [0.29, 0.717) is 12.0 Å². The summed E-state index contributed by atoms with van der Waals surface area (Å²) in [5.41, 5.74) is -1.47. The van der Waals surface area contributed by atoms with Crippen molar-refractivity contribution < 1.29 is 47.2 Å². The number of nitrogens with zero attached hydrogens (tertiary/aromatic N) is 1. The average molecular weight is 558 g/mol. The van der Waals surface area contributed by atoms with Gasteiger partial charge in [0.2, 0.25) is 5.89 Å². The minimum Gasteiger partial charge on any atom is -0.457 e. The Bertz CT molecular complexity index is 1110. The number of carbonyl (C=O) groups is 2. The number of ether oxygens (including phenoxy) is 1. The topological polar surface area (TPSA) is 130 Å². The van der Waals surface area contributed by atoms with Crippen molar-refractivity contribution in [2.45, 2.75) is 91.4 Å². The molecular weight excluding hydrogens is 519 g/mol. The number of cyclic esters (lactones) is 1. The fourth-order valence-electron chi connectivity index (χ4n) is 5.35. The summed E-state index contributed by atoms with van der Waals surface area (Å²) in [5, 5.41) is 30.9. The van der Waals surface area contributed by atoms with Crippen LogP contribution in [0.25, 0.3) is 6.08 Å². The Balaban J connectivity index is 1.98. The zero-order chi connectivity index (χ0) is 29.3. The van der Waals surface area contributed by atoms with E-state index < -0.39 is 72.1 Å². The van der Waals surface area contributed by atoms with Gasteiger partial charge in [0.05, 0.1) is 24.0 Å². The second-order valence-corrected chi connectivity index (χ2v) is 11.5. The van der Waals surface area contributed by atoms with E-state index in [0.717, 1.165) is 6.08 Å². The second kappa shape index (κ2) is 11.9. The second-order valence-electron chi connectivity index (χ2n) is 11.5. The first-order valence-electron chi connectivity index (χ1n) is 13.2. The smallest absolute Gasteiger partial charge is 0.412 e. The molecule has 2 aliphatic rings. The Morgan fingerprint density at radius 2 is 1.87 bits per heavy atom.